The maximum atomic E-state index is 12.2. The number of rotatable bonds is 7. The van der Waals surface area contributed by atoms with Gasteiger partial charge in [-0.2, -0.15) is 5.10 Å². The lowest BCUT2D eigenvalue weighted by Gasteiger charge is -2.05. The molecule has 0 spiro atoms. The quantitative estimate of drug-likeness (QED) is 0.436. The third kappa shape index (κ3) is 5.00. The highest BCUT2D eigenvalue weighted by atomic mass is 16.6. The van der Waals surface area contributed by atoms with E-state index in [0.717, 1.165) is 12.0 Å². The van der Waals surface area contributed by atoms with Gasteiger partial charge in [-0.3, -0.25) is 19.7 Å². The lowest BCUT2D eigenvalue weighted by Crippen LogP contribution is -2.23. The molecule has 0 aromatic heterocycles. The Bertz CT molecular complexity index is 910. The number of hydrogen-bond donors (Lipinski definition) is 2. The molecule has 2 N–H and O–H groups in total. The van der Waals surface area contributed by atoms with E-state index in [9.17, 15) is 19.7 Å². The molecule has 2 aromatic rings. The Hall–Kier alpha value is -3.55. The van der Waals surface area contributed by atoms with Gasteiger partial charge in [0.15, 0.2) is 0 Å². The van der Waals surface area contributed by atoms with E-state index in [2.05, 4.69) is 15.8 Å². The minimum atomic E-state index is -0.507. The second-order valence-electron chi connectivity index (χ2n) is 6.71. The Morgan fingerprint density at radius 3 is 2.46 bits per heavy atom. The Kier molecular flexibility index (Phi) is 5.78. The molecule has 0 aliphatic heterocycles. The summed E-state index contributed by atoms with van der Waals surface area (Å²) in [5.74, 6) is -0.336. The van der Waals surface area contributed by atoms with Crippen molar-refractivity contribution in [2.45, 2.75) is 25.7 Å². The SMILES string of the molecule is CC(CC(=O)Nc1ccc([N+](=O)[O-])cc1)=NNC(=O)[C@@H]1C[C@@H]1c1ccccc1. The summed E-state index contributed by atoms with van der Waals surface area (Å²) in [4.78, 5) is 34.3. The van der Waals surface area contributed by atoms with E-state index >= 15 is 0 Å². The van der Waals surface area contributed by atoms with Crippen LogP contribution in [0.4, 0.5) is 11.4 Å². The van der Waals surface area contributed by atoms with Crippen molar-refractivity contribution in [3.05, 3.63) is 70.3 Å². The van der Waals surface area contributed by atoms with E-state index in [-0.39, 0.29) is 35.8 Å². The van der Waals surface area contributed by atoms with Crippen molar-refractivity contribution < 1.29 is 14.5 Å². The van der Waals surface area contributed by atoms with Crippen LogP contribution in [0.3, 0.4) is 0 Å². The van der Waals surface area contributed by atoms with Gasteiger partial charge >= 0.3 is 0 Å². The number of non-ortho nitro benzene ring substituents is 1. The molecule has 0 heterocycles. The molecular formula is C20H20N4O4. The summed E-state index contributed by atoms with van der Waals surface area (Å²) >= 11 is 0. The lowest BCUT2D eigenvalue weighted by molar-refractivity contribution is -0.384. The number of nitro benzene ring substituents is 1. The minimum absolute atomic E-state index is 0.00402. The molecule has 144 valence electrons. The summed E-state index contributed by atoms with van der Waals surface area (Å²) < 4.78 is 0. The standard InChI is InChI=1S/C20H20N4O4/c1-13(11-19(25)21-15-7-9-16(10-8-15)24(27)28)22-23-20(26)18-12-17(18)14-5-3-2-4-6-14/h2-10,17-18H,11-12H2,1H3,(H,21,25)(H,23,26)/t17-,18-/m1/s1. The van der Waals surface area contributed by atoms with Crippen molar-refractivity contribution >= 4 is 28.9 Å². The second-order valence-corrected chi connectivity index (χ2v) is 6.71. The van der Waals surface area contributed by atoms with Gasteiger partial charge in [-0.05, 0) is 37.0 Å². The van der Waals surface area contributed by atoms with Crippen LogP contribution >= 0.6 is 0 Å². The van der Waals surface area contributed by atoms with Crippen LogP contribution in [0.2, 0.25) is 0 Å². The maximum absolute atomic E-state index is 12.2. The molecule has 2 atom stereocenters. The average molecular weight is 380 g/mol. The van der Waals surface area contributed by atoms with Gasteiger partial charge in [0.2, 0.25) is 11.8 Å². The first-order valence-electron chi connectivity index (χ1n) is 8.86. The monoisotopic (exact) mass is 380 g/mol. The molecule has 1 aliphatic carbocycles. The topological polar surface area (TPSA) is 114 Å². The van der Waals surface area contributed by atoms with Crippen LogP contribution in [-0.2, 0) is 9.59 Å². The zero-order valence-electron chi connectivity index (χ0n) is 15.3. The van der Waals surface area contributed by atoms with Gasteiger partial charge in [0.25, 0.3) is 5.69 Å². The fourth-order valence-electron chi connectivity index (χ4n) is 2.93. The zero-order valence-corrected chi connectivity index (χ0v) is 15.3. The van der Waals surface area contributed by atoms with Crippen molar-refractivity contribution in [1.29, 1.82) is 0 Å². The molecule has 2 aromatic carbocycles. The zero-order chi connectivity index (χ0) is 20.1. The van der Waals surface area contributed by atoms with E-state index in [1.54, 1.807) is 6.92 Å². The highest BCUT2D eigenvalue weighted by Gasteiger charge is 2.43. The summed E-state index contributed by atoms with van der Waals surface area (Å²) in [6, 6.07) is 15.4. The van der Waals surface area contributed by atoms with Crippen molar-refractivity contribution in [3.8, 4) is 0 Å². The molecule has 28 heavy (non-hydrogen) atoms. The van der Waals surface area contributed by atoms with E-state index in [1.807, 2.05) is 30.3 Å². The minimum Gasteiger partial charge on any atom is -0.326 e. The summed E-state index contributed by atoms with van der Waals surface area (Å²) in [5, 5.41) is 17.3. The molecule has 0 radical (unpaired) electrons. The molecule has 3 rings (SSSR count). The van der Waals surface area contributed by atoms with Crippen LogP contribution in [-0.4, -0.2) is 22.4 Å². The number of anilines is 1. The van der Waals surface area contributed by atoms with Crippen LogP contribution in [0.5, 0.6) is 0 Å². The number of nitrogens with zero attached hydrogens (tertiary/aromatic N) is 2. The normalized spacial score (nSPS) is 18.2. The van der Waals surface area contributed by atoms with Gasteiger partial charge in [-0.15, -0.1) is 0 Å². The lowest BCUT2D eigenvalue weighted by atomic mass is 10.1. The fraction of sp³-hybridized carbons (Fsp3) is 0.250. The molecule has 0 saturated heterocycles. The average Bonchev–Trinajstić information content (AvgIpc) is 3.48. The van der Waals surface area contributed by atoms with E-state index in [4.69, 9.17) is 0 Å². The molecule has 1 aliphatic rings. The Balaban J connectivity index is 1.45. The number of nitrogens with one attached hydrogen (secondary N) is 2. The van der Waals surface area contributed by atoms with Gasteiger partial charge in [-0.1, -0.05) is 30.3 Å². The summed E-state index contributed by atoms with van der Waals surface area (Å²) in [7, 11) is 0. The Labute approximate surface area is 161 Å². The van der Waals surface area contributed by atoms with Crippen molar-refractivity contribution in [1.82, 2.24) is 5.43 Å². The second kappa shape index (κ2) is 8.43. The molecule has 8 nitrogen and oxygen atoms in total. The summed E-state index contributed by atoms with van der Waals surface area (Å²) in [6.45, 7) is 1.65. The fourth-order valence-corrected chi connectivity index (χ4v) is 2.93. The Morgan fingerprint density at radius 1 is 1.14 bits per heavy atom. The molecule has 0 unspecified atom stereocenters. The van der Waals surface area contributed by atoms with Crippen molar-refractivity contribution in [2.75, 3.05) is 5.32 Å². The maximum Gasteiger partial charge on any atom is 0.269 e. The third-order valence-electron chi connectivity index (χ3n) is 4.49. The van der Waals surface area contributed by atoms with Crippen LogP contribution < -0.4 is 10.7 Å². The van der Waals surface area contributed by atoms with Crippen molar-refractivity contribution in [3.63, 3.8) is 0 Å². The van der Waals surface area contributed by atoms with Gasteiger partial charge in [-0.25, -0.2) is 5.43 Å². The number of carbonyl (C=O) groups excluding carboxylic acids is 2. The number of carbonyl (C=O) groups is 2. The van der Waals surface area contributed by atoms with Crippen LogP contribution in [0.1, 0.15) is 31.2 Å². The number of amides is 2. The van der Waals surface area contributed by atoms with E-state index in [0.29, 0.717) is 11.4 Å². The molecule has 1 saturated carbocycles. The van der Waals surface area contributed by atoms with Gasteiger partial charge in [0.05, 0.1) is 11.3 Å². The first-order chi connectivity index (χ1) is 13.4. The third-order valence-corrected chi connectivity index (χ3v) is 4.49. The number of hydrazone groups is 1. The summed E-state index contributed by atoms with van der Waals surface area (Å²) in [5.41, 5.74) is 4.54. The Morgan fingerprint density at radius 2 is 1.82 bits per heavy atom. The first kappa shape index (κ1) is 19.2. The highest BCUT2D eigenvalue weighted by molar-refractivity contribution is 6.05. The van der Waals surface area contributed by atoms with Gasteiger partial charge in [0, 0.05) is 29.4 Å². The van der Waals surface area contributed by atoms with Gasteiger partial charge < -0.3 is 5.32 Å². The van der Waals surface area contributed by atoms with E-state index in [1.165, 1.54) is 24.3 Å². The molecule has 1 fully saturated rings. The number of benzene rings is 2. The van der Waals surface area contributed by atoms with E-state index < -0.39 is 4.92 Å². The van der Waals surface area contributed by atoms with Crippen LogP contribution in [0.25, 0.3) is 0 Å². The summed E-state index contributed by atoms with van der Waals surface area (Å²) in [6.07, 6.45) is 0.801. The molecule has 2 amide bonds. The molecule has 8 heteroatoms. The largest absolute Gasteiger partial charge is 0.326 e. The van der Waals surface area contributed by atoms with Crippen molar-refractivity contribution in [2.24, 2.45) is 11.0 Å². The molecule has 0 bridgehead atoms. The molecular weight excluding hydrogens is 360 g/mol. The number of nitro groups is 1. The number of hydrogen-bond acceptors (Lipinski definition) is 5. The van der Waals surface area contributed by atoms with Crippen LogP contribution in [0.15, 0.2) is 59.7 Å². The predicted octanol–water partition coefficient (Wildman–Crippen LogP) is 3.22. The van der Waals surface area contributed by atoms with Gasteiger partial charge in [0.1, 0.15) is 0 Å². The first-order valence-corrected chi connectivity index (χ1v) is 8.86. The predicted molar refractivity (Wildman–Crippen MR) is 105 cm³/mol. The highest BCUT2D eigenvalue weighted by Crippen LogP contribution is 2.47. The van der Waals surface area contributed by atoms with Crippen LogP contribution in [0, 0.1) is 16.0 Å². The smallest absolute Gasteiger partial charge is 0.269 e.